The Morgan fingerprint density at radius 3 is 2.24 bits per heavy atom. The second-order valence-corrected chi connectivity index (χ2v) is 6.08. The first-order chi connectivity index (χ1) is 12.2. The highest BCUT2D eigenvalue weighted by atomic mass is 14.9. The Labute approximate surface area is 149 Å². The molecule has 3 aromatic rings. The molecule has 2 nitrogen and oxygen atoms in total. The Morgan fingerprint density at radius 1 is 0.920 bits per heavy atom. The molecule has 1 N–H and O–H groups in total. The average molecular weight is 324 g/mol. The molecule has 0 bridgehead atoms. The zero-order valence-electron chi connectivity index (χ0n) is 14.5. The highest BCUT2D eigenvalue weighted by molar-refractivity contribution is 5.82. The SMILES string of the molecule is C/C(=C/c1ccccc1)c1ccc(Nc2ccc(C#N)cc2)cc1C. The van der Waals surface area contributed by atoms with Crippen LogP contribution < -0.4 is 5.32 Å². The number of nitriles is 1. The van der Waals surface area contributed by atoms with Gasteiger partial charge in [-0.25, -0.2) is 0 Å². The van der Waals surface area contributed by atoms with E-state index >= 15 is 0 Å². The van der Waals surface area contributed by atoms with E-state index in [0.717, 1.165) is 11.4 Å². The third-order valence-corrected chi connectivity index (χ3v) is 4.14. The van der Waals surface area contributed by atoms with Gasteiger partial charge in [-0.05, 0) is 72.5 Å². The number of benzene rings is 3. The van der Waals surface area contributed by atoms with Crippen LogP contribution in [0.4, 0.5) is 11.4 Å². The van der Waals surface area contributed by atoms with Crippen LogP contribution in [0, 0.1) is 18.3 Å². The molecule has 122 valence electrons. The van der Waals surface area contributed by atoms with Crippen LogP contribution in [0.25, 0.3) is 11.6 Å². The maximum Gasteiger partial charge on any atom is 0.0991 e. The van der Waals surface area contributed by atoms with Gasteiger partial charge < -0.3 is 5.32 Å². The summed E-state index contributed by atoms with van der Waals surface area (Å²) < 4.78 is 0. The van der Waals surface area contributed by atoms with Gasteiger partial charge >= 0.3 is 0 Å². The summed E-state index contributed by atoms with van der Waals surface area (Å²) in [6, 6.07) is 26.3. The van der Waals surface area contributed by atoms with Crippen molar-refractivity contribution in [1.82, 2.24) is 0 Å². The van der Waals surface area contributed by atoms with Gasteiger partial charge in [0.05, 0.1) is 11.6 Å². The van der Waals surface area contributed by atoms with Gasteiger partial charge in [0, 0.05) is 11.4 Å². The molecule has 2 heteroatoms. The molecule has 0 spiro atoms. The number of anilines is 2. The number of nitrogens with zero attached hydrogens (tertiary/aromatic N) is 1. The fourth-order valence-electron chi connectivity index (χ4n) is 2.86. The summed E-state index contributed by atoms with van der Waals surface area (Å²) in [5.41, 5.74) is 7.60. The molecule has 0 amide bonds. The third kappa shape index (κ3) is 4.16. The van der Waals surface area contributed by atoms with Crippen LogP contribution in [0.5, 0.6) is 0 Å². The van der Waals surface area contributed by atoms with Gasteiger partial charge in [0.1, 0.15) is 0 Å². The minimum absolute atomic E-state index is 0.666. The zero-order chi connectivity index (χ0) is 17.6. The van der Waals surface area contributed by atoms with Crippen LogP contribution in [-0.4, -0.2) is 0 Å². The molecule has 0 unspecified atom stereocenters. The van der Waals surface area contributed by atoms with E-state index in [0.29, 0.717) is 5.56 Å². The monoisotopic (exact) mass is 324 g/mol. The first kappa shape index (κ1) is 16.5. The standard InChI is InChI=1S/C23H20N2/c1-17(14-19-6-4-3-5-7-19)23-13-12-22(15-18(23)2)25-21-10-8-20(16-24)9-11-21/h3-15,25H,1-2H3/b17-14-. The minimum Gasteiger partial charge on any atom is -0.356 e. The highest BCUT2D eigenvalue weighted by Gasteiger charge is 2.03. The van der Waals surface area contributed by atoms with E-state index < -0.39 is 0 Å². The maximum atomic E-state index is 8.87. The summed E-state index contributed by atoms with van der Waals surface area (Å²) in [6.45, 7) is 4.27. The van der Waals surface area contributed by atoms with Crippen molar-refractivity contribution in [3.05, 3.63) is 95.1 Å². The van der Waals surface area contributed by atoms with E-state index in [4.69, 9.17) is 5.26 Å². The number of rotatable bonds is 4. The predicted octanol–water partition coefficient (Wildman–Crippen LogP) is 6.17. The van der Waals surface area contributed by atoms with Crippen molar-refractivity contribution >= 4 is 23.0 Å². The zero-order valence-corrected chi connectivity index (χ0v) is 14.5. The van der Waals surface area contributed by atoms with Crippen molar-refractivity contribution in [2.75, 3.05) is 5.32 Å². The van der Waals surface area contributed by atoms with E-state index in [1.54, 1.807) is 0 Å². The number of nitrogens with one attached hydrogen (secondary N) is 1. The van der Waals surface area contributed by atoms with Gasteiger partial charge in [-0.2, -0.15) is 5.26 Å². The van der Waals surface area contributed by atoms with E-state index in [1.165, 1.54) is 22.3 Å². The first-order valence-electron chi connectivity index (χ1n) is 8.27. The van der Waals surface area contributed by atoms with Crippen LogP contribution in [0.1, 0.15) is 29.2 Å². The lowest BCUT2D eigenvalue weighted by atomic mass is 9.99. The largest absolute Gasteiger partial charge is 0.356 e. The summed E-state index contributed by atoms with van der Waals surface area (Å²) in [4.78, 5) is 0. The molecule has 0 saturated heterocycles. The Morgan fingerprint density at radius 2 is 1.60 bits per heavy atom. The molecule has 0 aromatic heterocycles. The van der Waals surface area contributed by atoms with Crippen LogP contribution in [0.2, 0.25) is 0 Å². The van der Waals surface area contributed by atoms with Gasteiger partial charge in [-0.1, -0.05) is 42.5 Å². The van der Waals surface area contributed by atoms with Gasteiger partial charge in [0.15, 0.2) is 0 Å². The number of aryl methyl sites for hydroxylation is 1. The maximum absolute atomic E-state index is 8.87. The third-order valence-electron chi connectivity index (χ3n) is 4.14. The van der Waals surface area contributed by atoms with Crippen molar-refractivity contribution in [2.45, 2.75) is 13.8 Å². The van der Waals surface area contributed by atoms with Gasteiger partial charge in [-0.3, -0.25) is 0 Å². The lowest BCUT2D eigenvalue weighted by Crippen LogP contribution is -1.93. The lowest BCUT2D eigenvalue weighted by Gasteiger charge is -2.11. The Kier molecular flexibility index (Phi) is 4.97. The fourth-order valence-corrected chi connectivity index (χ4v) is 2.86. The fraction of sp³-hybridized carbons (Fsp3) is 0.0870. The normalized spacial score (nSPS) is 11.0. The summed E-state index contributed by atoms with van der Waals surface area (Å²) in [5.74, 6) is 0. The topological polar surface area (TPSA) is 35.8 Å². The summed E-state index contributed by atoms with van der Waals surface area (Å²) in [7, 11) is 0. The summed E-state index contributed by atoms with van der Waals surface area (Å²) >= 11 is 0. The van der Waals surface area contributed by atoms with E-state index in [2.05, 4.69) is 73.8 Å². The lowest BCUT2D eigenvalue weighted by molar-refractivity contribution is 1.40. The molecular weight excluding hydrogens is 304 g/mol. The van der Waals surface area contributed by atoms with Crippen molar-refractivity contribution in [1.29, 1.82) is 5.26 Å². The van der Waals surface area contributed by atoms with Crippen LogP contribution in [0.3, 0.4) is 0 Å². The van der Waals surface area contributed by atoms with Crippen LogP contribution in [0.15, 0.2) is 72.8 Å². The van der Waals surface area contributed by atoms with Crippen molar-refractivity contribution in [2.24, 2.45) is 0 Å². The molecule has 0 heterocycles. The number of hydrogen-bond acceptors (Lipinski definition) is 2. The van der Waals surface area contributed by atoms with Gasteiger partial charge in [-0.15, -0.1) is 0 Å². The Hall–Kier alpha value is -3.31. The van der Waals surface area contributed by atoms with E-state index in [9.17, 15) is 0 Å². The summed E-state index contributed by atoms with van der Waals surface area (Å²) in [5, 5.41) is 12.3. The quantitative estimate of drug-likeness (QED) is 0.582. The Balaban J connectivity index is 1.80. The number of allylic oxidation sites excluding steroid dienone is 1. The van der Waals surface area contributed by atoms with E-state index in [1.807, 2.05) is 30.3 Å². The molecule has 25 heavy (non-hydrogen) atoms. The van der Waals surface area contributed by atoms with Crippen molar-refractivity contribution in [3.8, 4) is 6.07 Å². The molecule has 0 radical (unpaired) electrons. The van der Waals surface area contributed by atoms with Gasteiger partial charge in [0.2, 0.25) is 0 Å². The molecule has 3 rings (SSSR count). The van der Waals surface area contributed by atoms with Gasteiger partial charge in [0.25, 0.3) is 0 Å². The molecule has 0 aliphatic rings. The Bertz CT molecular complexity index is 930. The highest BCUT2D eigenvalue weighted by Crippen LogP contribution is 2.25. The molecule has 3 aromatic carbocycles. The average Bonchev–Trinajstić information content (AvgIpc) is 2.63. The first-order valence-corrected chi connectivity index (χ1v) is 8.27. The second-order valence-electron chi connectivity index (χ2n) is 6.08. The van der Waals surface area contributed by atoms with E-state index in [-0.39, 0.29) is 0 Å². The molecule has 0 atom stereocenters. The van der Waals surface area contributed by atoms with Crippen LogP contribution in [-0.2, 0) is 0 Å². The minimum atomic E-state index is 0.666. The molecule has 0 aliphatic heterocycles. The molecular formula is C23H20N2. The van der Waals surface area contributed by atoms with Crippen molar-refractivity contribution in [3.63, 3.8) is 0 Å². The molecule has 0 saturated carbocycles. The molecule has 0 aliphatic carbocycles. The smallest absolute Gasteiger partial charge is 0.0991 e. The number of hydrogen-bond donors (Lipinski definition) is 1. The molecule has 0 fully saturated rings. The van der Waals surface area contributed by atoms with Crippen molar-refractivity contribution < 1.29 is 0 Å². The predicted molar refractivity (Wildman–Crippen MR) is 106 cm³/mol. The summed E-state index contributed by atoms with van der Waals surface area (Å²) in [6.07, 6.45) is 2.20. The van der Waals surface area contributed by atoms with Crippen LogP contribution >= 0.6 is 0 Å². The second kappa shape index (κ2) is 7.51.